The summed E-state index contributed by atoms with van der Waals surface area (Å²) in [7, 11) is 5.69. The molecular weight excluding hydrogens is 334 g/mol. The zero-order valence-electron chi connectivity index (χ0n) is 15.1. The number of aromatic nitrogens is 1. The van der Waals surface area contributed by atoms with Crippen LogP contribution in [-0.2, 0) is 6.42 Å². The van der Waals surface area contributed by atoms with Crippen LogP contribution in [0.4, 0.5) is 0 Å². The van der Waals surface area contributed by atoms with E-state index in [0.717, 1.165) is 48.7 Å². The molecule has 1 amide bonds. The number of rotatable bonds is 5. The summed E-state index contributed by atoms with van der Waals surface area (Å²) >= 11 is 1.55. The molecule has 5 nitrogen and oxygen atoms in total. The van der Waals surface area contributed by atoms with E-state index in [-0.39, 0.29) is 5.91 Å². The Morgan fingerprint density at radius 1 is 1.32 bits per heavy atom. The molecule has 0 aliphatic carbocycles. The third-order valence-corrected chi connectivity index (χ3v) is 5.69. The van der Waals surface area contributed by atoms with Gasteiger partial charge in [0.1, 0.15) is 11.4 Å². The number of hydrogen-bond acceptors (Lipinski definition) is 5. The molecule has 0 atom stereocenters. The van der Waals surface area contributed by atoms with Gasteiger partial charge in [0.15, 0.2) is 0 Å². The number of benzene rings is 1. The van der Waals surface area contributed by atoms with Crippen molar-refractivity contribution in [3.8, 4) is 5.75 Å². The lowest BCUT2D eigenvalue weighted by Crippen LogP contribution is -2.44. The lowest BCUT2D eigenvalue weighted by Gasteiger charge is -2.34. The quantitative estimate of drug-likeness (QED) is 0.823. The highest BCUT2D eigenvalue weighted by molar-refractivity contribution is 7.09. The van der Waals surface area contributed by atoms with Gasteiger partial charge in [-0.1, -0.05) is 12.1 Å². The molecule has 2 aromatic rings. The van der Waals surface area contributed by atoms with Gasteiger partial charge < -0.3 is 14.5 Å². The van der Waals surface area contributed by atoms with Crippen molar-refractivity contribution in [3.63, 3.8) is 0 Å². The van der Waals surface area contributed by atoms with Crippen molar-refractivity contribution >= 4 is 17.2 Å². The summed E-state index contributed by atoms with van der Waals surface area (Å²) in [6, 6.07) is 8.28. The number of methoxy groups -OCH3 is 1. The van der Waals surface area contributed by atoms with E-state index >= 15 is 0 Å². The molecule has 0 spiro atoms. The van der Waals surface area contributed by atoms with Crippen molar-refractivity contribution in [2.75, 3.05) is 34.3 Å². The molecule has 0 radical (unpaired) electrons. The number of amides is 1. The molecule has 0 N–H and O–H groups in total. The van der Waals surface area contributed by atoms with Crippen molar-refractivity contribution in [2.45, 2.75) is 25.3 Å². The second-order valence-corrected chi connectivity index (χ2v) is 7.54. The Kier molecular flexibility index (Phi) is 5.71. The summed E-state index contributed by atoms with van der Waals surface area (Å²) in [4.78, 5) is 21.5. The van der Waals surface area contributed by atoms with Crippen molar-refractivity contribution in [2.24, 2.45) is 0 Å². The van der Waals surface area contributed by atoms with E-state index in [0.29, 0.717) is 11.7 Å². The van der Waals surface area contributed by atoms with Crippen LogP contribution in [-0.4, -0.2) is 61.0 Å². The van der Waals surface area contributed by atoms with Gasteiger partial charge in [-0.3, -0.25) is 4.79 Å². The van der Waals surface area contributed by atoms with Crippen molar-refractivity contribution < 1.29 is 9.53 Å². The first kappa shape index (κ1) is 17.9. The minimum Gasteiger partial charge on any atom is -0.497 e. The van der Waals surface area contributed by atoms with Crippen molar-refractivity contribution in [1.29, 1.82) is 0 Å². The second-order valence-electron chi connectivity index (χ2n) is 6.60. The fourth-order valence-electron chi connectivity index (χ4n) is 3.14. The zero-order chi connectivity index (χ0) is 17.8. The molecule has 0 saturated carbocycles. The maximum Gasteiger partial charge on any atom is 0.273 e. The molecule has 134 valence electrons. The Hall–Kier alpha value is -1.92. The molecule has 3 rings (SSSR count). The maximum atomic E-state index is 12.7. The molecule has 1 aliphatic rings. The van der Waals surface area contributed by atoms with Crippen LogP contribution in [0.1, 0.15) is 33.9 Å². The number of nitrogens with zero attached hydrogens (tertiary/aromatic N) is 3. The normalized spacial score (nSPS) is 16.0. The molecule has 0 unspecified atom stereocenters. The minimum atomic E-state index is 0.0341. The van der Waals surface area contributed by atoms with Crippen LogP contribution in [0.25, 0.3) is 0 Å². The van der Waals surface area contributed by atoms with E-state index in [1.165, 1.54) is 0 Å². The minimum absolute atomic E-state index is 0.0341. The summed E-state index contributed by atoms with van der Waals surface area (Å²) < 4.78 is 5.18. The zero-order valence-corrected chi connectivity index (χ0v) is 15.9. The first-order valence-corrected chi connectivity index (χ1v) is 9.48. The first-order chi connectivity index (χ1) is 12.1. The van der Waals surface area contributed by atoms with Crippen LogP contribution in [0.15, 0.2) is 29.6 Å². The molecular formula is C19H25N3O2S. The summed E-state index contributed by atoms with van der Waals surface area (Å²) in [5, 5.41) is 2.84. The highest BCUT2D eigenvalue weighted by Crippen LogP contribution is 2.20. The number of piperidine rings is 1. The Bertz CT molecular complexity index is 706. The van der Waals surface area contributed by atoms with Crippen LogP contribution in [0.2, 0.25) is 0 Å². The second kappa shape index (κ2) is 7.97. The summed E-state index contributed by atoms with van der Waals surface area (Å²) in [5.74, 6) is 0.880. The highest BCUT2D eigenvalue weighted by atomic mass is 32.1. The lowest BCUT2D eigenvalue weighted by molar-refractivity contribution is 0.0654. The number of carbonyl (C=O) groups is 1. The fourth-order valence-corrected chi connectivity index (χ4v) is 3.94. The molecule has 2 heterocycles. The SMILES string of the molecule is COc1ccc(Cc2nc(C(=O)N(C)C3CCN(C)CC3)cs2)cc1. The Morgan fingerprint density at radius 3 is 2.64 bits per heavy atom. The topological polar surface area (TPSA) is 45.7 Å². The molecule has 25 heavy (non-hydrogen) atoms. The summed E-state index contributed by atoms with van der Waals surface area (Å²) in [6.07, 6.45) is 2.79. The Labute approximate surface area is 153 Å². The van der Waals surface area contributed by atoms with Crippen LogP contribution in [0.5, 0.6) is 5.75 Å². The molecule has 6 heteroatoms. The summed E-state index contributed by atoms with van der Waals surface area (Å²) in [5.41, 5.74) is 1.73. The smallest absolute Gasteiger partial charge is 0.273 e. The van der Waals surface area contributed by atoms with Gasteiger partial charge in [-0.15, -0.1) is 11.3 Å². The van der Waals surface area contributed by atoms with Crippen LogP contribution in [0.3, 0.4) is 0 Å². The number of thiazole rings is 1. The van der Waals surface area contributed by atoms with Crippen LogP contribution < -0.4 is 4.74 Å². The standard InChI is InChI=1S/C19H25N3O2S/c1-21-10-8-15(9-11-21)22(2)19(23)17-13-25-18(20-17)12-14-4-6-16(24-3)7-5-14/h4-7,13,15H,8-12H2,1-3H3. The van der Waals surface area contributed by atoms with E-state index in [2.05, 4.69) is 16.9 Å². The van der Waals surface area contributed by atoms with Crippen LogP contribution >= 0.6 is 11.3 Å². The van der Waals surface area contributed by atoms with E-state index in [4.69, 9.17) is 4.74 Å². The molecule has 1 saturated heterocycles. The van der Waals surface area contributed by atoms with Gasteiger partial charge in [0.2, 0.25) is 0 Å². The van der Waals surface area contributed by atoms with Gasteiger partial charge in [0, 0.05) is 24.9 Å². The lowest BCUT2D eigenvalue weighted by atomic mass is 10.0. The predicted octanol–water partition coefficient (Wildman–Crippen LogP) is 2.91. The van der Waals surface area contributed by atoms with E-state index < -0.39 is 0 Å². The van der Waals surface area contributed by atoms with Gasteiger partial charge in [-0.05, 0) is 50.7 Å². The Morgan fingerprint density at radius 2 is 2.00 bits per heavy atom. The fraction of sp³-hybridized carbons (Fsp3) is 0.474. The third kappa shape index (κ3) is 4.38. The number of likely N-dealkylation sites (tertiary alicyclic amines) is 1. The number of hydrogen-bond donors (Lipinski definition) is 0. The highest BCUT2D eigenvalue weighted by Gasteiger charge is 2.26. The van der Waals surface area contributed by atoms with Gasteiger partial charge in [0.25, 0.3) is 5.91 Å². The Balaban J connectivity index is 1.62. The maximum absolute atomic E-state index is 12.7. The third-order valence-electron chi connectivity index (χ3n) is 4.84. The molecule has 1 aromatic carbocycles. The van der Waals surface area contributed by atoms with Crippen molar-refractivity contribution in [3.05, 3.63) is 45.9 Å². The largest absolute Gasteiger partial charge is 0.497 e. The monoisotopic (exact) mass is 359 g/mol. The van der Waals surface area contributed by atoms with Gasteiger partial charge in [0.05, 0.1) is 12.1 Å². The van der Waals surface area contributed by atoms with Gasteiger partial charge in [-0.25, -0.2) is 4.98 Å². The van der Waals surface area contributed by atoms with Gasteiger partial charge in [-0.2, -0.15) is 0 Å². The van der Waals surface area contributed by atoms with E-state index in [9.17, 15) is 4.79 Å². The van der Waals surface area contributed by atoms with E-state index in [1.807, 2.05) is 41.6 Å². The van der Waals surface area contributed by atoms with Gasteiger partial charge >= 0.3 is 0 Å². The molecule has 0 bridgehead atoms. The van der Waals surface area contributed by atoms with Crippen LogP contribution in [0, 0.1) is 0 Å². The summed E-state index contributed by atoms with van der Waals surface area (Å²) in [6.45, 7) is 2.09. The first-order valence-electron chi connectivity index (χ1n) is 8.60. The van der Waals surface area contributed by atoms with E-state index in [1.54, 1.807) is 18.4 Å². The molecule has 1 aromatic heterocycles. The predicted molar refractivity (Wildman–Crippen MR) is 101 cm³/mol. The molecule has 1 fully saturated rings. The number of ether oxygens (including phenoxy) is 1. The average Bonchev–Trinajstić information content (AvgIpc) is 3.10. The number of carbonyl (C=O) groups excluding carboxylic acids is 1. The molecule has 1 aliphatic heterocycles. The average molecular weight is 359 g/mol. The van der Waals surface area contributed by atoms with Crippen molar-refractivity contribution in [1.82, 2.24) is 14.8 Å².